The van der Waals surface area contributed by atoms with E-state index in [-0.39, 0.29) is 0 Å². The molecule has 0 saturated heterocycles. The molecule has 0 amide bonds. The fourth-order valence-corrected chi connectivity index (χ4v) is 3.36. The molecular weight excluding hydrogens is 290 g/mol. The van der Waals surface area contributed by atoms with Gasteiger partial charge in [-0.2, -0.15) is 5.10 Å². The first-order valence-electron chi connectivity index (χ1n) is 8.45. The van der Waals surface area contributed by atoms with Crippen LogP contribution in [-0.2, 0) is 31.3 Å². The van der Waals surface area contributed by atoms with Gasteiger partial charge in [0.05, 0.1) is 24.0 Å². The number of hydrogen-bond donors (Lipinski definition) is 0. The van der Waals surface area contributed by atoms with Crippen LogP contribution in [0.4, 0.5) is 0 Å². The monoisotopic (exact) mass is 317 g/mol. The summed E-state index contributed by atoms with van der Waals surface area (Å²) in [6.07, 6.45) is 2.96. The molecule has 0 saturated carbocycles. The Morgan fingerprint density at radius 3 is 2.83 bits per heavy atom. The maximum absolute atomic E-state index is 5.48. The lowest BCUT2D eigenvalue weighted by molar-refractivity contribution is 0.141. The second-order valence-corrected chi connectivity index (χ2v) is 6.25. The van der Waals surface area contributed by atoms with E-state index >= 15 is 0 Å². The lowest BCUT2D eigenvalue weighted by atomic mass is 10.2. The van der Waals surface area contributed by atoms with Crippen molar-refractivity contribution in [1.82, 2.24) is 24.2 Å². The molecule has 3 heterocycles. The van der Waals surface area contributed by atoms with Crippen molar-refractivity contribution in [3.05, 3.63) is 35.2 Å². The number of aromatic nitrogens is 4. The van der Waals surface area contributed by atoms with Crippen molar-refractivity contribution in [2.75, 3.05) is 19.8 Å². The normalized spacial score (nSPS) is 18.3. The van der Waals surface area contributed by atoms with Crippen molar-refractivity contribution in [3.63, 3.8) is 0 Å². The summed E-state index contributed by atoms with van der Waals surface area (Å²) in [6.45, 7) is 10.8. The van der Waals surface area contributed by atoms with Gasteiger partial charge in [0.1, 0.15) is 5.82 Å². The van der Waals surface area contributed by atoms with E-state index in [4.69, 9.17) is 4.74 Å². The number of imidazole rings is 1. The third kappa shape index (κ3) is 3.33. The van der Waals surface area contributed by atoms with Crippen LogP contribution >= 0.6 is 0 Å². The first-order chi connectivity index (χ1) is 11.1. The van der Waals surface area contributed by atoms with Crippen LogP contribution in [0.25, 0.3) is 0 Å². The molecule has 2 aromatic heterocycles. The summed E-state index contributed by atoms with van der Waals surface area (Å²) in [4.78, 5) is 7.16. The van der Waals surface area contributed by atoms with Crippen molar-refractivity contribution in [2.45, 2.75) is 46.3 Å². The van der Waals surface area contributed by atoms with Gasteiger partial charge in [0, 0.05) is 51.6 Å². The van der Waals surface area contributed by atoms with E-state index in [9.17, 15) is 0 Å². The Hall–Kier alpha value is -1.66. The zero-order valence-corrected chi connectivity index (χ0v) is 14.6. The predicted octanol–water partition coefficient (Wildman–Crippen LogP) is 2.08. The lowest BCUT2D eigenvalue weighted by Crippen LogP contribution is -2.37. The van der Waals surface area contributed by atoms with Crippen LogP contribution in [0.5, 0.6) is 0 Å². The highest BCUT2D eigenvalue weighted by molar-refractivity contribution is 5.13. The second kappa shape index (κ2) is 6.84. The summed E-state index contributed by atoms with van der Waals surface area (Å²) in [5.74, 6) is 1.17. The molecule has 0 N–H and O–H groups in total. The van der Waals surface area contributed by atoms with Crippen LogP contribution in [0.15, 0.2) is 12.3 Å². The van der Waals surface area contributed by atoms with Crippen LogP contribution in [0.1, 0.15) is 42.8 Å². The first kappa shape index (κ1) is 16.2. The van der Waals surface area contributed by atoms with Crippen LogP contribution in [0.3, 0.4) is 0 Å². The minimum absolute atomic E-state index is 0.319. The van der Waals surface area contributed by atoms with Crippen LogP contribution in [0.2, 0.25) is 0 Å². The largest absolute Gasteiger partial charge is 0.381 e. The Morgan fingerprint density at radius 1 is 1.30 bits per heavy atom. The maximum Gasteiger partial charge on any atom is 0.126 e. The van der Waals surface area contributed by atoms with Gasteiger partial charge in [-0.05, 0) is 26.8 Å². The molecule has 6 heteroatoms. The average Bonchev–Trinajstić information content (AvgIpc) is 3.06. The van der Waals surface area contributed by atoms with Crippen LogP contribution < -0.4 is 0 Å². The fraction of sp³-hybridized carbons (Fsp3) is 0.647. The lowest BCUT2D eigenvalue weighted by Gasteiger charge is -2.34. The number of aryl methyl sites for hydroxylation is 2. The van der Waals surface area contributed by atoms with Gasteiger partial charge < -0.3 is 9.30 Å². The summed E-state index contributed by atoms with van der Waals surface area (Å²) in [5, 5.41) is 4.45. The summed E-state index contributed by atoms with van der Waals surface area (Å²) >= 11 is 0. The zero-order chi connectivity index (χ0) is 16.4. The molecule has 0 spiro atoms. The van der Waals surface area contributed by atoms with Gasteiger partial charge in [0.25, 0.3) is 0 Å². The minimum atomic E-state index is 0.319. The molecule has 0 unspecified atom stereocenters. The van der Waals surface area contributed by atoms with Gasteiger partial charge in [-0.15, -0.1) is 0 Å². The Balaban J connectivity index is 1.71. The molecule has 0 aliphatic carbocycles. The molecule has 23 heavy (non-hydrogen) atoms. The van der Waals surface area contributed by atoms with E-state index in [1.807, 2.05) is 31.8 Å². The molecule has 1 aliphatic heterocycles. The molecule has 1 aliphatic rings. The minimum Gasteiger partial charge on any atom is -0.381 e. The molecular formula is C17H27N5O. The van der Waals surface area contributed by atoms with Crippen LogP contribution in [-0.4, -0.2) is 44.0 Å². The third-order valence-electron chi connectivity index (χ3n) is 4.67. The van der Waals surface area contributed by atoms with Gasteiger partial charge in [0.2, 0.25) is 0 Å². The number of nitrogens with zero attached hydrogens (tertiary/aromatic N) is 5. The van der Waals surface area contributed by atoms with Gasteiger partial charge in [-0.1, -0.05) is 0 Å². The van der Waals surface area contributed by atoms with E-state index in [1.165, 1.54) is 17.2 Å². The van der Waals surface area contributed by atoms with E-state index in [0.717, 1.165) is 45.0 Å². The number of ether oxygens (including phenoxy) is 1. The van der Waals surface area contributed by atoms with E-state index in [0.29, 0.717) is 6.04 Å². The van der Waals surface area contributed by atoms with Gasteiger partial charge in [0.15, 0.2) is 0 Å². The molecule has 2 aromatic rings. The summed E-state index contributed by atoms with van der Waals surface area (Å²) in [5.41, 5.74) is 3.62. The highest BCUT2D eigenvalue weighted by atomic mass is 16.5. The van der Waals surface area contributed by atoms with E-state index < -0.39 is 0 Å². The zero-order valence-electron chi connectivity index (χ0n) is 14.6. The van der Waals surface area contributed by atoms with Gasteiger partial charge >= 0.3 is 0 Å². The standard InChI is InChI=1S/C17H27N5O/c1-5-23-9-6-15-11-18-17-14(3)21(7-8-22(15)17)12-16-10-13(2)19-20(16)4/h10-11,14H,5-9,12H2,1-4H3/t14-/m0/s1. The SMILES string of the molecule is CCOCCc1cnc2n1CCN(Cc1cc(C)nn1C)[C@H]2C. The maximum atomic E-state index is 5.48. The molecule has 1 atom stereocenters. The van der Waals surface area contributed by atoms with E-state index in [1.54, 1.807) is 0 Å². The molecule has 126 valence electrons. The van der Waals surface area contributed by atoms with Crippen molar-refractivity contribution in [2.24, 2.45) is 7.05 Å². The molecule has 6 nitrogen and oxygen atoms in total. The Morgan fingerprint density at radius 2 is 2.13 bits per heavy atom. The van der Waals surface area contributed by atoms with Crippen molar-refractivity contribution in [3.8, 4) is 0 Å². The van der Waals surface area contributed by atoms with Gasteiger partial charge in [-0.3, -0.25) is 9.58 Å². The van der Waals surface area contributed by atoms with Gasteiger partial charge in [-0.25, -0.2) is 4.98 Å². The number of fused-ring (bicyclic) bond motifs is 1. The third-order valence-corrected chi connectivity index (χ3v) is 4.67. The smallest absolute Gasteiger partial charge is 0.126 e. The Bertz CT molecular complexity index is 660. The van der Waals surface area contributed by atoms with Crippen molar-refractivity contribution >= 4 is 0 Å². The molecule has 0 radical (unpaired) electrons. The molecule has 0 aromatic carbocycles. The summed E-state index contributed by atoms with van der Waals surface area (Å²) < 4.78 is 9.83. The topological polar surface area (TPSA) is 48.1 Å². The highest BCUT2D eigenvalue weighted by Gasteiger charge is 2.27. The predicted molar refractivity (Wildman–Crippen MR) is 89.2 cm³/mol. The second-order valence-electron chi connectivity index (χ2n) is 6.25. The molecule has 0 bridgehead atoms. The number of hydrogen-bond acceptors (Lipinski definition) is 4. The van der Waals surface area contributed by atoms with Crippen molar-refractivity contribution in [1.29, 1.82) is 0 Å². The average molecular weight is 317 g/mol. The Labute approximate surface area is 138 Å². The van der Waals surface area contributed by atoms with Crippen LogP contribution in [0, 0.1) is 6.92 Å². The highest BCUT2D eigenvalue weighted by Crippen LogP contribution is 2.27. The molecule has 0 fully saturated rings. The van der Waals surface area contributed by atoms with Crippen molar-refractivity contribution < 1.29 is 4.74 Å². The Kier molecular flexibility index (Phi) is 4.82. The fourth-order valence-electron chi connectivity index (χ4n) is 3.36. The molecule has 3 rings (SSSR count). The quantitative estimate of drug-likeness (QED) is 0.766. The summed E-state index contributed by atoms with van der Waals surface area (Å²) in [7, 11) is 2.02. The first-order valence-corrected chi connectivity index (χ1v) is 8.45. The number of rotatable bonds is 6. The summed E-state index contributed by atoms with van der Waals surface area (Å²) in [6, 6.07) is 2.49. The van der Waals surface area contributed by atoms with E-state index in [2.05, 4.69) is 32.5 Å².